The topological polar surface area (TPSA) is 50.7 Å². The van der Waals surface area contributed by atoms with E-state index in [0.717, 1.165) is 25.1 Å². The fourth-order valence-electron chi connectivity index (χ4n) is 2.50. The van der Waals surface area contributed by atoms with E-state index < -0.39 is 0 Å². The minimum Gasteiger partial charge on any atom is -0.504 e. The number of benzene rings is 1. The van der Waals surface area contributed by atoms with E-state index in [1.807, 2.05) is 19.1 Å². The molecule has 112 valence electrons. The molecule has 20 heavy (non-hydrogen) atoms. The average molecular weight is 279 g/mol. The molecular weight excluding hydrogens is 254 g/mol. The number of para-hydroxylation sites is 1. The standard InChI is InChI=1S/C16H25NO3/c1-2-19-15-8-5-6-13(16(15)18)12-17-10-9-14-7-3-4-11-20-14/h5-6,8,14,17-18H,2-4,7,9-12H2,1H3. The molecule has 0 spiro atoms. The molecule has 1 aliphatic heterocycles. The number of rotatable bonds is 7. The van der Waals surface area contributed by atoms with Crippen LogP contribution in [0.15, 0.2) is 18.2 Å². The molecule has 0 amide bonds. The van der Waals surface area contributed by atoms with E-state index in [2.05, 4.69) is 5.32 Å². The molecule has 0 saturated carbocycles. The zero-order chi connectivity index (χ0) is 14.2. The number of phenolic OH excluding ortho intramolecular Hbond substituents is 1. The van der Waals surface area contributed by atoms with E-state index in [0.29, 0.717) is 25.0 Å². The van der Waals surface area contributed by atoms with Gasteiger partial charge in [0.15, 0.2) is 11.5 Å². The molecule has 4 nitrogen and oxygen atoms in total. The monoisotopic (exact) mass is 279 g/mol. The van der Waals surface area contributed by atoms with Crippen molar-refractivity contribution in [3.8, 4) is 11.5 Å². The van der Waals surface area contributed by atoms with E-state index >= 15 is 0 Å². The maximum atomic E-state index is 10.1. The molecule has 4 heteroatoms. The Balaban J connectivity index is 1.74. The van der Waals surface area contributed by atoms with Crippen molar-refractivity contribution in [2.75, 3.05) is 19.8 Å². The summed E-state index contributed by atoms with van der Waals surface area (Å²) in [6.45, 7) is 4.93. The highest BCUT2D eigenvalue weighted by molar-refractivity contribution is 5.45. The first-order valence-corrected chi connectivity index (χ1v) is 7.57. The number of hydrogen-bond acceptors (Lipinski definition) is 4. The fraction of sp³-hybridized carbons (Fsp3) is 0.625. The summed E-state index contributed by atoms with van der Waals surface area (Å²) in [5.41, 5.74) is 0.875. The maximum absolute atomic E-state index is 10.1. The molecule has 2 rings (SSSR count). The summed E-state index contributed by atoms with van der Waals surface area (Å²) in [6.07, 6.45) is 5.09. The van der Waals surface area contributed by atoms with Crippen LogP contribution >= 0.6 is 0 Å². The largest absolute Gasteiger partial charge is 0.504 e. The highest BCUT2D eigenvalue weighted by atomic mass is 16.5. The Morgan fingerprint density at radius 2 is 2.30 bits per heavy atom. The van der Waals surface area contributed by atoms with Crippen LogP contribution in [-0.4, -0.2) is 31.0 Å². The first-order valence-electron chi connectivity index (χ1n) is 7.57. The quantitative estimate of drug-likeness (QED) is 0.754. The Bertz CT molecular complexity index is 403. The lowest BCUT2D eigenvalue weighted by Crippen LogP contribution is -2.25. The molecule has 1 aromatic rings. The Morgan fingerprint density at radius 3 is 3.05 bits per heavy atom. The van der Waals surface area contributed by atoms with Crippen molar-refractivity contribution in [1.82, 2.24) is 5.32 Å². The lowest BCUT2D eigenvalue weighted by atomic mass is 10.1. The van der Waals surface area contributed by atoms with Gasteiger partial charge in [-0.15, -0.1) is 0 Å². The van der Waals surface area contributed by atoms with E-state index in [1.54, 1.807) is 6.07 Å². The van der Waals surface area contributed by atoms with E-state index in [9.17, 15) is 5.11 Å². The molecule has 2 N–H and O–H groups in total. The van der Waals surface area contributed by atoms with Crippen molar-refractivity contribution in [1.29, 1.82) is 0 Å². The van der Waals surface area contributed by atoms with Gasteiger partial charge in [0.25, 0.3) is 0 Å². The van der Waals surface area contributed by atoms with Crippen LogP contribution < -0.4 is 10.1 Å². The number of phenols is 1. The van der Waals surface area contributed by atoms with Gasteiger partial charge in [-0.1, -0.05) is 12.1 Å². The van der Waals surface area contributed by atoms with Crippen LogP contribution in [0.2, 0.25) is 0 Å². The smallest absolute Gasteiger partial charge is 0.162 e. The number of ether oxygens (including phenoxy) is 2. The summed E-state index contributed by atoms with van der Waals surface area (Å²) in [6, 6.07) is 5.62. The zero-order valence-electron chi connectivity index (χ0n) is 12.2. The molecule has 0 aliphatic carbocycles. The molecule has 1 fully saturated rings. The van der Waals surface area contributed by atoms with Crippen molar-refractivity contribution in [2.24, 2.45) is 0 Å². The molecule has 1 atom stereocenters. The van der Waals surface area contributed by atoms with E-state index in [4.69, 9.17) is 9.47 Å². The lowest BCUT2D eigenvalue weighted by Gasteiger charge is -2.22. The Hall–Kier alpha value is -1.26. The summed E-state index contributed by atoms with van der Waals surface area (Å²) < 4.78 is 11.1. The predicted molar refractivity (Wildman–Crippen MR) is 79.2 cm³/mol. The van der Waals surface area contributed by atoms with Gasteiger partial charge in [-0.3, -0.25) is 0 Å². The van der Waals surface area contributed by atoms with Gasteiger partial charge >= 0.3 is 0 Å². The summed E-state index contributed by atoms with van der Waals surface area (Å²) in [5, 5.41) is 13.4. The van der Waals surface area contributed by atoms with Crippen LogP contribution in [0, 0.1) is 0 Å². The molecule has 1 unspecified atom stereocenters. The highest BCUT2D eigenvalue weighted by Gasteiger charge is 2.13. The van der Waals surface area contributed by atoms with Crippen LogP contribution in [0.4, 0.5) is 0 Å². The first kappa shape index (κ1) is 15.1. The van der Waals surface area contributed by atoms with E-state index in [1.165, 1.54) is 19.3 Å². The Labute approximate surface area is 121 Å². The van der Waals surface area contributed by atoms with Crippen molar-refractivity contribution in [2.45, 2.75) is 45.3 Å². The van der Waals surface area contributed by atoms with Gasteiger partial charge in [-0.25, -0.2) is 0 Å². The van der Waals surface area contributed by atoms with Crippen molar-refractivity contribution < 1.29 is 14.6 Å². The second kappa shape index (κ2) is 8.12. The van der Waals surface area contributed by atoms with Crippen LogP contribution in [0.25, 0.3) is 0 Å². The van der Waals surface area contributed by atoms with Gasteiger partial charge in [-0.2, -0.15) is 0 Å². The number of aromatic hydroxyl groups is 1. The minimum atomic E-state index is 0.246. The Morgan fingerprint density at radius 1 is 1.40 bits per heavy atom. The van der Waals surface area contributed by atoms with Gasteiger partial charge < -0.3 is 19.9 Å². The first-order chi connectivity index (χ1) is 9.81. The van der Waals surface area contributed by atoms with Crippen LogP contribution in [0.5, 0.6) is 11.5 Å². The summed E-state index contributed by atoms with van der Waals surface area (Å²) >= 11 is 0. The second-order valence-corrected chi connectivity index (χ2v) is 5.15. The van der Waals surface area contributed by atoms with Crippen LogP contribution in [0.1, 0.15) is 38.2 Å². The summed E-state index contributed by atoms with van der Waals surface area (Å²) in [7, 11) is 0. The molecular formula is C16H25NO3. The predicted octanol–water partition coefficient (Wildman–Crippen LogP) is 2.84. The molecule has 1 saturated heterocycles. The number of hydrogen-bond donors (Lipinski definition) is 2. The van der Waals surface area contributed by atoms with Crippen molar-refractivity contribution in [3.05, 3.63) is 23.8 Å². The van der Waals surface area contributed by atoms with Gasteiger partial charge in [0.05, 0.1) is 12.7 Å². The maximum Gasteiger partial charge on any atom is 0.162 e. The summed E-state index contributed by atoms with van der Waals surface area (Å²) in [4.78, 5) is 0. The highest BCUT2D eigenvalue weighted by Crippen LogP contribution is 2.29. The third kappa shape index (κ3) is 4.39. The van der Waals surface area contributed by atoms with Gasteiger partial charge in [-0.05, 0) is 45.2 Å². The fourth-order valence-corrected chi connectivity index (χ4v) is 2.50. The normalized spacial score (nSPS) is 18.9. The molecule has 1 aromatic carbocycles. The molecule has 0 radical (unpaired) electrons. The van der Waals surface area contributed by atoms with Crippen molar-refractivity contribution in [3.63, 3.8) is 0 Å². The molecule has 0 aromatic heterocycles. The minimum absolute atomic E-state index is 0.246. The molecule has 1 aliphatic rings. The second-order valence-electron chi connectivity index (χ2n) is 5.15. The molecule has 0 bridgehead atoms. The zero-order valence-corrected chi connectivity index (χ0v) is 12.2. The SMILES string of the molecule is CCOc1cccc(CNCCC2CCCCO2)c1O. The van der Waals surface area contributed by atoms with Crippen LogP contribution in [0.3, 0.4) is 0 Å². The summed E-state index contributed by atoms with van der Waals surface area (Å²) in [5.74, 6) is 0.804. The van der Waals surface area contributed by atoms with Gasteiger partial charge in [0.1, 0.15) is 0 Å². The average Bonchev–Trinajstić information content (AvgIpc) is 2.48. The van der Waals surface area contributed by atoms with Crippen molar-refractivity contribution >= 4 is 0 Å². The third-order valence-corrected chi connectivity index (χ3v) is 3.61. The van der Waals surface area contributed by atoms with Gasteiger partial charge in [0, 0.05) is 18.7 Å². The van der Waals surface area contributed by atoms with Crippen LogP contribution in [-0.2, 0) is 11.3 Å². The molecule has 1 heterocycles. The Kier molecular flexibility index (Phi) is 6.15. The lowest BCUT2D eigenvalue weighted by molar-refractivity contribution is 0.0115. The van der Waals surface area contributed by atoms with Gasteiger partial charge in [0.2, 0.25) is 0 Å². The number of nitrogens with one attached hydrogen (secondary N) is 1. The van der Waals surface area contributed by atoms with E-state index in [-0.39, 0.29) is 5.75 Å². The third-order valence-electron chi connectivity index (χ3n) is 3.61.